The van der Waals surface area contributed by atoms with E-state index in [4.69, 9.17) is 10.00 Å². The summed E-state index contributed by atoms with van der Waals surface area (Å²) in [5, 5.41) is 8.72. The second-order valence-corrected chi connectivity index (χ2v) is 3.11. The SMILES string of the molecule is CCC1(C(C#N)C=O)CCCO1. The van der Waals surface area contributed by atoms with Gasteiger partial charge in [0.1, 0.15) is 12.2 Å². The van der Waals surface area contributed by atoms with E-state index in [-0.39, 0.29) is 0 Å². The van der Waals surface area contributed by atoms with E-state index in [1.54, 1.807) is 0 Å². The Morgan fingerprint density at radius 2 is 2.58 bits per heavy atom. The zero-order valence-corrected chi connectivity index (χ0v) is 7.25. The average Bonchev–Trinajstić information content (AvgIpc) is 2.56. The fraction of sp³-hybridized carbons (Fsp3) is 0.778. The summed E-state index contributed by atoms with van der Waals surface area (Å²) in [7, 11) is 0. The third kappa shape index (κ3) is 1.35. The summed E-state index contributed by atoms with van der Waals surface area (Å²) >= 11 is 0. The van der Waals surface area contributed by atoms with Crippen LogP contribution in [-0.4, -0.2) is 18.5 Å². The van der Waals surface area contributed by atoms with E-state index in [1.807, 2.05) is 13.0 Å². The maximum Gasteiger partial charge on any atom is 0.140 e. The van der Waals surface area contributed by atoms with E-state index >= 15 is 0 Å². The molecule has 0 aromatic carbocycles. The van der Waals surface area contributed by atoms with Crippen LogP contribution in [0.15, 0.2) is 0 Å². The molecule has 0 radical (unpaired) electrons. The molecule has 0 spiro atoms. The quantitative estimate of drug-likeness (QED) is 0.595. The molecule has 0 aliphatic carbocycles. The molecule has 1 aliphatic rings. The van der Waals surface area contributed by atoms with E-state index in [0.29, 0.717) is 12.9 Å². The number of aldehydes is 1. The number of nitrogens with zero attached hydrogens (tertiary/aromatic N) is 1. The molecule has 0 aromatic rings. The van der Waals surface area contributed by atoms with E-state index in [2.05, 4.69) is 0 Å². The molecule has 2 atom stereocenters. The summed E-state index contributed by atoms with van der Waals surface area (Å²) < 4.78 is 5.48. The number of hydrogen-bond acceptors (Lipinski definition) is 3. The predicted octanol–water partition coefficient (Wildman–Crippen LogP) is 1.28. The number of carbonyl (C=O) groups is 1. The van der Waals surface area contributed by atoms with Gasteiger partial charge in [0.2, 0.25) is 0 Å². The Morgan fingerprint density at radius 3 is 2.92 bits per heavy atom. The summed E-state index contributed by atoms with van der Waals surface area (Å²) in [5.74, 6) is -0.593. The van der Waals surface area contributed by atoms with Crippen LogP contribution in [0.25, 0.3) is 0 Å². The molecule has 0 amide bonds. The van der Waals surface area contributed by atoms with Crippen molar-refractivity contribution in [1.82, 2.24) is 0 Å². The predicted molar refractivity (Wildman–Crippen MR) is 43.4 cm³/mol. The Labute approximate surface area is 72.3 Å². The first-order valence-electron chi connectivity index (χ1n) is 4.28. The second-order valence-electron chi connectivity index (χ2n) is 3.11. The van der Waals surface area contributed by atoms with E-state index in [9.17, 15) is 4.79 Å². The van der Waals surface area contributed by atoms with Crippen LogP contribution >= 0.6 is 0 Å². The van der Waals surface area contributed by atoms with Crippen molar-refractivity contribution in [2.24, 2.45) is 5.92 Å². The first-order chi connectivity index (χ1) is 5.79. The van der Waals surface area contributed by atoms with Gasteiger partial charge in [-0.25, -0.2) is 0 Å². The lowest BCUT2D eigenvalue weighted by Gasteiger charge is -2.28. The van der Waals surface area contributed by atoms with Gasteiger partial charge in [0, 0.05) is 6.61 Å². The van der Waals surface area contributed by atoms with Crippen LogP contribution < -0.4 is 0 Å². The minimum atomic E-state index is -0.593. The van der Waals surface area contributed by atoms with Crippen molar-refractivity contribution >= 4 is 6.29 Å². The maximum atomic E-state index is 10.6. The van der Waals surface area contributed by atoms with Crippen molar-refractivity contribution in [2.45, 2.75) is 31.8 Å². The largest absolute Gasteiger partial charge is 0.373 e. The minimum absolute atomic E-state index is 0.476. The molecule has 1 saturated heterocycles. The highest BCUT2D eigenvalue weighted by Crippen LogP contribution is 2.34. The van der Waals surface area contributed by atoms with Gasteiger partial charge >= 0.3 is 0 Å². The average molecular weight is 167 g/mol. The van der Waals surface area contributed by atoms with Crippen molar-refractivity contribution in [2.75, 3.05) is 6.61 Å². The van der Waals surface area contributed by atoms with Gasteiger partial charge in [-0.1, -0.05) is 6.92 Å². The van der Waals surface area contributed by atoms with Crippen molar-refractivity contribution in [1.29, 1.82) is 5.26 Å². The van der Waals surface area contributed by atoms with Gasteiger partial charge < -0.3 is 9.53 Å². The van der Waals surface area contributed by atoms with Crippen LogP contribution in [0.2, 0.25) is 0 Å². The number of rotatable bonds is 3. The Morgan fingerprint density at radius 1 is 1.83 bits per heavy atom. The molecule has 0 saturated carbocycles. The lowest BCUT2D eigenvalue weighted by molar-refractivity contribution is -0.118. The third-order valence-electron chi connectivity index (χ3n) is 2.57. The van der Waals surface area contributed by atoms with Crippen molar-refractivity contribution in [3.05, 3.63) is 0 Å². The molecule has 3 nitrogen and oxygen atoms in total. The highest BCUT2D eigenvalue weighted by Gasteiger charge is 2.41. The zero-order chi connectivity index (χ0) is 9.03. The number of nitriles is 1. The van der Waals surface area contributed by atoms with Crippen molar-refractivity contribution in [3.8, 4) is 6.07 Å². The summed E-state index contributed by atoms with van der Waals surface area (Å²) in [5.41, 5.74) is -0.476. The first-order valence-corrected chi connectivity index (χ1v) is 4.28. The van der Waals surface area contributed by atoms with Crippen LogP contribution in [0.3, 0.4) is 0 Å². The lowest BCUT2D eigenvalue weighted by Crippen LogP contribution is -2.36. The Balaban J connectivity index is 2.78. The van der Waals surface area contributed by atoms with Gasteiger partial charge in [0.05, 0.1) is 11.7 Å². The van der Waals surface area contributed by atoms with Gasteiger partial charge in [-0.2, -0.15) is 5.26 Å². The summed E-state index contributed by atoms with van der Waals surface area (Å²) in [6.07, 6.45) is 3.24. The second kappa shape index (κ2) is 3.68. The molecular weight excluding hydrogens is 154 g/mol. The molecule has 0 bridgehead atoms. The molecule has 1 fully saturated rings. The van der Waals surface area contributed by atoms with Gasteiger partial charge in [-0.3, -0.25) is 0 Å². The maximum absolute atomic E-state index is 10.6. The first kappa shape index (κ1) is 9.21. The van der Waals surface area contributed by atoms with E-state index < -0.39 is 11.5 Å². The Kier molecular flexibility index (Phi) is 2.83. The zero-order valence-electron chi connectivity index (χ0n) is 7.25. The summed E-state index contributed by atoms with van der Waals surface area (Å²) in [6, 6.07) is 1.99. The molecule has 2 unspecified atom stereocenters. The summed E-state index contributed by atoms with van der Waals surface area (Å²) in [4.78, 5) is 10.6. The fourth-order valence-corrected chi connectivity index (χ4v) is 1.74. The van der Waals surface area contributed by atoms with Crippen LogP contribution in [-0.2, 0) is 9.53 Å². The molecule has 3 heteroatoms. The third-order valence-corrected chi connectivity index (χ3v) is 2.57. The van der Waals surface area contributed by atoms with E-state index in [0.717, 1.165) is 19.3 Å². The lowest BCUT2D eigenvalue weighted by atomic mass is 9.84. The van der Waals surface area contributed by atoms with Crippen LogP contribution in [0.5, 0.6) is 0 Å². The fourth-order valence-electron chi connectivity index (χ4n) is 1.74. The highest BCUT2D eigenvalue weighted by atomic mass is 16.5. The minimum Gasteiger partial charge on any atom is -0.373 e. The molecule has 0 N–H and O–H groups in total. The number of ether oxygens (including phenoxy) is 1. The van der Waals surface area contributed by atoms with Crippen LogP contribution in [0, 0.1) is 17.2 Å². The van der Waals surface area contributed by atoms with Gasteiger partial charge in [-0.15, -0.1) is 0 Å². The molecule has 1 heterocycles. The molecule has 1 rings (SSSR count). The topological polar surface area (TPSA) is 50.1 Å². The van der Waals surface area contributed by atoms with Crippen molar-refractivity contribution < 1.29 is 9.53 Å². The Hall–Kier alpha value is -0.880. The molecular formula is C9H13NO2. The normalized spacial score (nSPS) is 31.0. The Bertz CT molecular complexity index is 201. The smallest absolute Gasteiger partial charge is 0.140 e. The number of hydrogen-bond donors (Lipinski definition) is 0. The van der Waals surface area contributed by atoms with Gasteiger partial charge in [-0.05, 0) is 19.3 Å². The molecule has 0 aromatic heterocycles. The van der Waals surface area contributed by atoms with Gasteiger partial charge in [0.15, 0.2) is 0 Å². The van der Waals surface area contributed by atoms with Crippen molar-refractivity contribution in [3.63, 3.8) is 0 Å². The number of carbonyl (C=O) groups excluding carboxylic acids is 1. The van der Waals surface area contributed by atoms with Crippen LogP contribution in [0.4, 0.5) is 0 Å². The van der Waals surface area contributed by atoms with Crippen LogP contribution in [0.1, 0.15) is 26.2 Å². The summed E-state index contributed by atoms with van der Waals surface area (Å²) in [6.45, 7) is 2.64. The van der Waals surface area contributed by atoms with E-state index in [1.165, 1.54) is 0 Å². The highest BCUT2D eigenvalue weighted by molar-refractivity contribution is 5.60. The molecule has 66 valence electrons. The molecule has 1 aliphatic heterocycles. The molecule has 12 heavy (non-hydrogen) atoms. The monoisotopic (exact) mass is 167 g/mol. The standard InChI is InChI=1S/C9H13NO2/c1-2-9(4-3-5-12-9)8(6-10)7-11/h7-8H,2-5H2,1H3. The van der Waals surface area contributed by atoms with Gasteiger partial charge in [0.25, 0.3) is 0 Å².